The van der Waals surface area contributed by atoms with Crippen molar-refractivity contribution in [1.29, 1.82) is 0 Å². The van der Waals surface area contributed by atoms with Crippen LogP contribution in [0.15, 0.2) is 77.7 Å². The molecule has 0 unspecified atom stereocenters. The lowest BCUT2D eigenvalue weighted by Gasteiger charge is -2.13. The van der Waals surface area contributed by atoms with Gasteiger partial charge in [0.05, 0.1) is 22.1 Å². The van der Waals surface area contributed by atoms with Crippen molar-refractivity contribution in [1.82, 2.24) is 4.90 Å². The highest BCUT2D eigenvalue weighted by molar-refractivity contribution is 8.18. The van der Waals surface area contributed by atoms with Crippen LogP contribution in [0.1, 0.15) is 28.4 Å². The summed E-state index contributed by atoms with van der Waals surface area (Å²) in [6.45, 7) is 1.74. The molecule has 1 aliphatic heterocycles. The molecule has 0 atom stereocenters. The van der Waals surface area contributed by atoms with Crippen LogP contribution >= 0.6 is 23.4 Å². The van der Waals surface area contributed by atoms with Crippen LogP contribution in [-0.2, 0) is 20.9 Å². The summed E-state index contributed by atoms with van der Waals surface area (Å²) in [4.78, 5) is 51.1. The van der Waals surface area contributed by atoms with E-state index in [0.29, 0.717) is 17.9 Å². The van der Waals surface area contributed by atoms with Crippen LogP contribution in [0, 0.1) is 0 Å². The Morgan fingerprint density at radius 2 is 1.82 bits per heavy atom. The average Bonchev–Trinajstić information content (AvgIpc) is 3.16. The number of benzene rings is 3. The van der Waals surface area contributed by atoms with E-state index in [0.717, 1.165) is 22.2 Å². The van der Waals surface area contributed by atoms with Crippen LogP contribution < -0.4 is 10.1 Å². The molecule has 1 heterocycles. The summed E-state index contributed by atoms with van der Waals surface area (Å²) < 4.78 is 10.8. The molecule has 0 bridgehead atoms. The fourth-order valence-corrected chi connectivity index (χ4v) is 4.57. The van der Waals surface area contributed by atoms with E-state index in [1.807, 2.05) is 30.3 Å². The molecule has 3 aromatic rings. The van der Waals surface area contributed by atoms with Crippen LogP contribution in [0.4, 0.5) is 10.5 Å². The van der Waals surface area contributed by atoms with Crippen LogP contribution in [0.5, 0.6) is 5.75 Å². The molecule has 0 spiro atoms. The second-order valence-corrected chi connectivity index (χ2v) is 9.48. The Hall–Kier alpha value is -4.08. The third kappa shape index (κ3) is 6.81. The number of esters is 1. The molecule has 3 aromatic carbocycles. The number of ether oxygens (including phenoxy) is 2. The minimum atomic E-state index is -0.626. The Bertz CT molecular complexity index is 1410. The number of hydrogen-bond acceptors (Lipinski definition) is 7. The number of imide groups is 1. The molecule has 8 nitrogen and oxygen atoms in total. The van der Waals surface area contributed by atoms with Crippen molar-refractivity contribution < 1.29 is 28.7 Å². The molecule has 0 saturated carbocycles. The molecule has 1 fully saturated rings. The summed E-state index contributed by atoms with van der Waals surface area (Å²) in [5, 5.41) is 2.19. The summed E-state index contributed by atoms with van der Waals surface area (Å²) in [5.74, 6) is -1.19. The Kier molecular flexibility index (Phi) is 8.83. The molecule has 10 heteroatoms. The van der Waals surface area contributed by atoms with Gasteiger partial charge in [0.2, 0.25) is 5.91 Å². The van der Waals surface area contributed by atoms with Gasteiger partial charge < -0.3 is 14.8 Å². The van der Waals surface area contributed by atoms with Crippen LogP contribution in [-0.4, -0.2) is 41.1 Å². The van der Waals surface area contributed by atoms with Crippen molar-refractivity contribution in [2.24, 2.45) is 0 Å². The third-order valence-electron chi connectivity index (χ3n) is 5.32. The van der Waals surface area contributed by atoms with Gasteiger partial charge in [-0.15, -0.1) is 0 Å². The van der Waals surface area contributed by atoms with Crippen LogP contribution in [0.3, 0.4) is 0 Å². The van der Waals surface area contributed by atoms with E-state index in [-0.39, 0.29) is 27.8 Å². The van der Waals surface area contributed by atoms with E-state index in [1.165, 1.54) is 18.2 Å². The number of hydrogen-bond donors (Lipinski definition) is 1. The maximum absolute atomic E-state index is 12.9. The Balaban J connectivity index is 1.39. The number of thioether (sulfide) groups is 1. The topological polar surface area (TPSA) is 102 Å². The van der Waals surface area contributed by atoms with E-state index in [4.69, 9.17) is 21.1 Å². The largest absolute Gasteiger partial charge is 0.489 e. The number of carbonyl (C=O) groups is 4. The first-order valence-corrected chi connectivity index (χ1v) is 12.8. The van der Waals surface area contributed by atoms with Crippen LogP contribution in [0.2, 0.25) is 5.02 Å². The average molecular weight is 551 g/mol. The molecule has 3 amide bonds. The van der Waals surface area contributed by atoms with Gasteiger partial charge in [0.25, 0.3) is 11.1 Å². The highest BCUT2D eigenvalue weighted by Crippen LogP contribution is 2.32. The van der Waals surface area contributed by atoms with Gasteiger partial charge in [-0.3, -0.25) is 19.3 Å². The SMILES string of the molecule is CCOC(=O)c1cc(NC(=O)CN2C(=O)S/C(=C/c3cccc(OCc4ccccc4)c3)C2=O)ccc1Cl. The monoisotopic (exact) mass is 550 g/mol. The van der Waals surface area contributed by atoms with Gasteiger partial charge in [-0.1, -0.05) is 54.1 Å². The van der Waals surface area contributed by atoms with Crippen molar-refractivity contribution >= 4 is 58.1 Å². The summed E-state index contributed by atoms with van der Waals surface area (Å²) >= 11 is 6.80. The van der Waals surface area contributed by atoms with Gasteiger partial charge in [-0.25, -0.2) is 4.79 Å². The number of rotatable bonds is 9. The predicted octanol–water partition coefficient (Wildman–Crippen LogP) is 5.77. The lowest BCUT2D eigenvalue weighted by atomic mass is 10.2. The fraction of sp³-hybridized carbons (Fsp3) is 0.143. The molecular formula is C28H23ClN2O6S. The van der Waals surface area contributed by atoms with Gasteiger partial charge in [0.15, 0.2) is 0 Å². The summed E-state index contributed by atoms with van der Waals surface area (Å²) in [5.41, 5.74) is 2.07. The second kappa shape index (κ2) is 12.4. The molecule has 1 aliphatic rings. The Labute approximate surface area is 228 Å². The predicted molar refractivity (Wildman–Crippen MR) is 146 cm³/mol. The van der Waals surface area contributed by atoms with Crippen molar-refractivity contribution in [2.75, 3.05) is 18.5 Å². The molecule has 4 rings (SSSR count). The Morgan fingerprint density at radius 1 is 1.03 bits per heavy atom. The van der Waals surface area contributed by atoms with Crippen molar-refractivity contribution in [3.05, 3.63) is 99.4 Å². The first-order valence-electron chi connectivity index (χ1n) is 11.6. The Morgan fingerprint density at radius 3 is 2.58 bits per heavy atom. The third-order valence-corrected chi connectivity index (χ3v) is 6.56. The number of carbonyl (C=O) groups excluding carboxylic acids is 4. The van der Waals surface area contributed by atoms with Gasteiger partial charge in [-0.2, -0.15) is 0 Å². The van der Waals surface area contributed by atoms with Gasteiger partial charge in [-0.05, 0) is 66.2 Å². The molecule has 0 aromatic heterocycles. The standard InChI is InChI=1S/C28H23ClN2O6S/c1-2-36-27(34)22-15-20(11-12-23(22)29)30-25(32)16-31-26(33)24(38-28(31)35)14-19-9-6-10-21(13-19)37-17-18-7-4-3-5-8-18/h3-15H,2,16-17H2,1H3,(H,30,32)/b24-14+. The molecule has 194 valence electrons. The van der Waals surface area contributed by atoms with E-state index in [2.05, 4.69) is 5.32 Å². The molecule has 0 aliphatic carbocycles. The molecule has 1 saturated heterocycles. The normalized spacial score (nSPS) is 14.1. The zero-order valence-corrected chi connectivity index (χ0v) is 21.9. The lowest BCUT2D eigenvalue weighted by Crippen LogP contribution is -2.36. The van der Waals surface area contributed by atoms with E-state index < -0.39 is 29.6 Å². The minimum Gasteiger partial charge on any atom is -0.489 e. The zero-order valence-electron chi connectivity index (χ0n) is 20.3. The molecule has 0 radical (unpaired) electrons. The first kappa shape index (κ1) is 27.0. The minimum absolute atomic E-state index is 0.0930. The van der Waals surface area contributed by atoms with Gasteiger partial charge in [0, 0.05) is 5.69 Å². The zero-order chi connectivity index (χ0) is 27.1. The van der Waals surface area contributed by atoms with Crippen LogP contribution in [0.25, 0.3) is 6.08 Å². The number of amides is 3. The summed E-state index contributed by atoms with van der Waals surface area (Å²) in [6.07, 6.45) is 1.59. The van der Waals surface area contributed by atoms with Crippen molar-refractivity contribution in [2.45, 2.75) is 13.5 Å². The van der Waals surface area contributed by atoms with Crippen molar-refractivity contribution in [3.8, 4) is 5.75 Å². The lowest BCUT2D eigenvalue weighted by molar-refractivity contribution is -0.127. The molecular weight excluding hydrogens is 528 g/mol. The highest BCUT2D eigenvalue weighted by Gasteiger charge is 2.36. The van der Waals surface area contributed by atoms with E-state index in [9.17, 15) is 19.2 Å². The van der Waals surface area contributed by atoms with Crippen molar-refractivity contribution in [3.63, 3.8) is 0 Å². The number of anilines is 1. The summed E-state index contributed by atoms with van der Waals surface area (Å²) in [7, 11) is 0. The number of nitrogens with zero attached hydrogens (tertiary/aromatic N) is 1. The van der Waals surface area contributed by atoms with Gasteiger partial charge in [0.1, 0.15) is 18.9 Å². The van der Waals surface area contributed by atoms with Gasteiger partial charge >= 0.3 is 5.97 Å². The molecule has 1 N–H and O–H groups in total. The highest BCUT2D eigenvalue weighted by atomic mass is 35.5. The quantitative estimate of drug-likeness (QED) is 0.266. The van der Waals surface area contributed by atoms with E-state index >= 15 is 0 Å². The maximum atomic E-state index is 12.9. The second-order valence-electron chi connectivity index (χ2n) is 8.08. The maximum Gasteiger partial charge on any atom is 0.339 e. The number of nitrogens with one attached hydrogen (secondary N) is 1. The first-order chi connectivity index (χ1) is 18.3. The molecule has 38 heavy (non-hydrogen) atoms. The number of halogens is 1. The fourth-order valence-electron chi connectivity index (χ4n) is 3.54. The smallest absolute Gasteiger partial charge is 0.339 e. The summed E-state index contributed by atoms with van der Waals surface area (Å²) in [6, 6.07) is 21.2. The van der Waals surface area contributed by atoms with E-state index in [1.54, 1.807) is 37.3 Å².